The number of carbonyl (C=O) groups excluding carboxylic acids is 2. The summed E-state index contributed by atoms with van der Waals surface area (Å²) < 4.78 is 10.6. The summed E-state index contributed by atoms with van der Waals surface area (Å²) >= 11 is 0. The van der Waals surface area contributed by atoms with Crippen LogP contribution in [0, 0.1) is 19.8 Å². The van der Waals surface area contributed by atoms with Crippen LogP contribution >= 0.6 is 0 Å². The Bertz CT molecular complexity index is 1110. The first-order chi connectivity index (χ1) is 14.5. The molecule has 0 N–H and O–H groups in total. The van der Waals surface area contributed by atoms with E-state index in [1.807, 2.05) is 35.2 Å². The summed E-state index contributed by atoms with van der Waals surface area (Å²) in [4.78, 5) is 34.1. The maximum absolute atomic E-state index is 13.1. The number of hydrogen-bond donors (Lipinski definition) is 0. The molecule has 2 unspecified atom stereocenters. The Morgan fingerprint density at radius 3 is 2.30 bits per heavy atom. The molecule has 154 valence electrons. The maximum Gasteiger partial charge on any atom is 0.276 e. The van der Waals surface area contributed by atoms with Gasteiger partial charge >= 0.3 is 0 Å². The molecule has 2 fully saturated rings. The van der Waals surface area contributed by atoms with Crippen molar-refractivity contribution in [3.8, 4) is 0 Å². The highest BCUT2D eigenvalue weighted by Crippen LogP contribution is 2.45. The molecule has 3 aromatic rings. The van der Waals surface area contributed by atoms with Crippen molar-refractivity contribution in [2.75, 3.05) is 26.2 Å². The number of amides is 2. The average molecular weight is 407 g/mol. The number of benzene rings is 1. The molecule has 2 atom stereocenters. The first-order valence-electron chi connectivity index (χ1n) is 9.84. The Morgan fingerprint density at radius 1 is 1.00 bits per heavy atom. The number of rotatable bonds is 3. The zero-order valence-corrected chi connectivity index (χ0v) is 16.7. The summed E-state index contributed by atoms with van der Waals surface area (Å²) in [5, 5.41) is 7.81. The number of fused-ring (bicyclic) bond motifs is 1. The van der Waals surface area contributed by atoms with Crippen LogP contribution in [0.15, 0.2) is 45.4 Å². The van der Waals surface area contributed by atoms with E-state index in [2.05, 4.69) is 15.3 Å². The van der Waals surface area contributed by atoms with Gasteiger partial charge in [-0.05, 0) is 26.0 Å². The lowest BCUT2D eigenvalue weighted by Crippen LogP contribution is -2.41. The van der Waals surface area contributed by atoms with Crippen molar-refractivity contribution in [2.45, 2.75) is 19.3 Å². The molecule has 0 radical (unpaired) electrons. The Hall–Kier alpha value is -3.49. The van der Waals surface area contributed by atoms with E-state index in [0.29, 0.717) is 49.2 Å². The number of carbonyl (C=O) groups is 2. The van der Waals surface area contributed by atoms with Gasteiger partial charge in [0.15, 0.2) is 11.5 Å². The molecule has 2 saturated heterocycles. The second kappa shape index (κ2) is 6.79. The van der Waals surface area contributed by atoms with Crippen LogP contribution in [0.3, 0.4) is 0 Å². The lowest BCUT2D eigenvalue weighted by atomic mass is 9.81. The van der Waals surface area contributed by atoms with Crippen molar-refractivity contribution in [1.29, 1.82) is 0 Å². The molecule has 2 aliphatic heterocycles. The molecule has 30 heavy (non-hydrogen) atoms. The van der Waals surface area contributed by atoms with Crippen LogP contribution in [0.5, 0.6) is 0 Å². The third-order valence-electron chi connectivity index (χ3n) is 6.00. The monoisotopic (exact) mass is 407 g/mol. The lowest BCUT2D eigenvalue weighted by Gasteiger charge is -2.25. The van der Waals surface area contributed by atoms with Gasteiger partial charge in [-0.15, -0.1) is 0 Å². The van der Waals surface area contributed by atoms with Crippen LogP contribution < -0.4 is 0 Å². The second-order valence-corrected chi connectivity index (χ2v) is 8.06. The Labute approximate surface area is 172 Å². The third kappa shape index (κ3) is 2.89. The number of hydrogen-bond acceptors (Lipinski definition) is 7. The van der Waals surface area contributed by atoms with E-state index in [-0.39, 0.29) is 23.4 Å². The zero-order valence-electron chi connectivity index (χ0n) is 16.7. The molecule has 9 nitrogen and oxygen atoms in total. The Morgan fingerprint density at radius 2 is 1.70 bits per heavy atom. The van der Waals surface area contributed by atoms with Gasteiger partial charge in [-0.2, -0.15) is 4.98 Å². The SMILES string of the molecule is Cc1noc(C23CN(C(=O)c4ccccc4)CC2CN(C(=O)c2cc(C)on2)C3)n1. The molecule has 2 aromatic heterocycles. The summed E-state index contributed by atoms with van der Waals surface area (Å²) in [6.07, 6.45) is 0. The van der Waals surface area contributed by atoms with Crippen molar-refractivity contribution in [2.24, 2.45) is 5.92 Å². The zero-order chi connectivity index (χ0) is 20.9. The molecule has 1 aromatic carbocycles. The van der Waals surface area contributed by atoms with Crippen molar-refractivity contribution in [3.05, 3.63) is 65.1 Å². The minimum Gasteiger partial charge on any atom is -0.361 e. The molecule has 4 heterocycles. The van der Waals surface area contributed by atoms with E-state index in [0.717, 1.165) is 0 Å². The molecular weight excluding hydrogens is 386 g/mol. The Kier molecular flexibility index (Phi) is 4.19. The minimum atomic E-state index is -0.597. The van der Waals surface area contributed by atoms with Gasteiger partial charge in [0.25, 0.3) is 11.8 Å². The molecule has 0 aliphatic carbocycles. The maximum atomic E-state index is 13.1. The first-order valence-corrected chi connectivity index (χ1v) is 9.84. The molecule has 0 spiro atoms. The summed E-state index contributed by atoms with van der Waals surface area (Å²) in [5.74, 6) is 1.34. The van der Waals surface area contributed by atoms with Crippen LogP contribution in [0.4, 0.5) is 0 Å². The normalized spacial score (nSPS) is 23.1. The summed E-state index contributed by atoms with van der Waals surface area (Å²) in [6, 6.07) is 10.8. The number of aryl methyl sites for hydroxylation is 2. The molecule has 2 aliphatic rings. The van der Waals surface area contributed by atoms with Gasteiger partial charge in [-0.1, -0.05) is 28.5 Å². The molecule has 0 bridgehead atoms. The number of likely N-dealkylation sites (tertiary alicyclic amines) is 2. The van der Waals surface area contributed by atoms with Crippen molar-refractivity contribution in [3.63, 3.8) is 0 Å². The van der Waals surface area contributed by atoms with Gasteiger partial charge in [0, 0.05) is 43.7 Å². The molecule has 5 rings (SSSR count). The smallest absolute Gasteiger partial charge is 0.276 e. The van der Waals surface area contributed by atoms with E-state index in [1.54, 1.807) is 24.8 Å². The van der Waals surface area contributed by atoms with Gasteiger partial charge < -0.3 is 18.8 Å². The molecule has 0 saturated carbocycles. The second-order valence-electron chi connectivity index (χ2n) is 8.06. The highest BCUT2D eigenvalue weighted by Gasteiger charge is 2.59. The van der Waals surface area contributed by atoms with Gasteiger partial charge in [-0.3, -0.25) is 9.59 Å². The fourth-order valence-electron chi connectivity index (χ4n) is 4.57. The molecule has 9 heteroatoms. The lowest BCUT2D eigenvalue weighted by molar-refractivity contribution is 0.0722. The van der Waals surface area contributed by atoms with Gasteiger partial charge in [-0.25, -0.2) is 0 Å². The average Bonchev–Trinajstić information content (AvgIpc) is 3.50. The Balaban J connectivity index is 1.45. The third-order valence-corrected chi connectivity index (χ3v) is 6.00. The molecular formula is C21H21N5O4. The quantitative estimate of drug-likeness (QED) is 0.652. The fraction of sp³-hybridized carbons (Fsp3) is 0.381. The predicted octanol–water partition coefficient (Wildman–Crippen LogP) is 1.84. The summed E-state index contributed by atoms with van der Waals surface area (Å²) in [7, 11) is 0. The van der Waals surface area contributed by atoms with Gasteiger partial charge in [0.2, 0.25) is 5.89 Å². The first kappa shape index (κ1) is 18.5. The van der Waals surface area contributed by atoms with E-state index in [9.17, 15) is 9.59 Å². The molecule has 2 amide bonds. The highest BCUT2D eigenvalue weighted by atomic mass is 16.5. The van der Waals surface area contributed by atoms with Gasteiger partial charge in [0.1, 0.15) is 5.76 Å². The largest absolute Gasteiger partial charge is 0.361 e. The van der Waals surface area contributed by atoms with E-state index < -0.39 is 5.41 Å². The van der Waals surface area contributed by atoms with E-state index in [4.69, 9.17) is 9.05 Å². The fourth-order valence-corrected chi connectivity index (χ4v) is 4.57. The van der Waals surface area contributed by atoms with Crippen molar-refractivity contribution in [1.82, 2.24) is 25.1 Å². The van der Waals surface area contributed by atoms with Crippen molar-refractivity contribution >= 4 is 11.8 Å². The number of aromatic nitrogens is 3. The summed E-state index contributed by atoms with van der Waals surface area (Å²) in [5.41, 5.74) is 0.321. The highest BCUT2D eigenvalue weighted by molar-refractivity contribution is 5.95. The van der Waals surface area contributed by atoms with Crippen molar-refractivity contribution < 1.29 is 18.6 Å². The topological polar surface area (TPSA) is 106 Å². The van der Waals surface area contributed by atoms with Crippen LogP contribution in [-0.4, -0.2) is 63.1 Å². The van der Waals surface area contributed by atoms with Gasteiger partial charge in [0.05, 0.1) is 5.41 Å². The van der Waals surface area contributed by atoms with Crippen LogP contribution in [-0.2, 0) is 5.41 Å². The predicted molar refractivity (Wildman–Crippen MR) is 104 cm³/mol. The summed E-state index contributed by atoms with van der Waals surface area (Å²) in [6.45, 7) is 5.29. The standard InChI is InChI=1S/C21H21N5O4/c1-13-8-17(24-29-13)19(28)26-10-16-9-25(18(27)15-6-4-3-5-7-15)11-21(16,12-26)20-22-14(2)23-30-20/h3-8,16H,9-12H2,1-2H3. The van der Waals surface area contributed by atoms with E-state index in [1.165, 1.54) is 0 Å². The van der Waals surface area contributed by atoms with E-state index >= 15 is 0 Å². The van der Waals surface area contributed by atoms with Crippen LogP contribution in [0.2, 0.25) is 0 Å². The van der Waals surface area contributed by atoms with Crippen LogP contribution in [0.1, 0.15) is 38.3 Å². The van der Waals surface area contributed by atoms with Crippen LogP contribution in [0.25, 0.3) is 0 Å². The number of nitrogens with zero attached hydrogens (tertiary/aromatic N) is 5. The minimum absolute atomic E-state index is 0.0121.